The van der Waals surface area contributed by atoms with Gasteiger partial charge >= 0.3 is 17.1 Å². The molecular formula is C22H50O3Si2. The van der Waals surface area contributed by atoms with Crippen LogP contribution in [0.15, 0.2) is 0 Å². The van der Waals surface area contributed by atoms with Gasteiger partial charge in [-0.2, -0.15) is 0 Å². The van der Waals surface area contributed by atoms with Crippen LogP contribution in [-0.2, 0) is 13.0 Å². The molecular weight excluding hydrogens is 368 g/mol. The molecule has 0 aromatic heterocycles. The van der Waals surface area contributed by atoms with Gasteiger partial charge in [0.2, 0.25) is 0 Å². The van der Waals surface area contributed by atoms with Crippen molar-refractivity contribution < 1.29 is 13.0 Å². The van der Waals surface area contributed by atoms with E-state index in [9.17, 15) is 0 Å². The summed E-state index contributed by atoms with van der Waals surface area (Å²) in [6.07, 6.45) is 17.4. The summed E-state index contributed by atoms with van der Waals surface area (Å²) in [4.78, 5) is 0. The molecule has 0 spiro atoms. The van der Waals surface area contributed by atoms with Gasteiger partial charge in [0.05, 0.1) is 0 Å². The summed E-state index contributed by atoms with van der Waals surface area (Å²) in [5, 5.41) is 0. The summed E-state index contributed by atoms with van der Waals surface area (Å²) in [7, 11) is -4.21. The quantitative estimate of drug-likeness (QED) is 0.157. The molecule has 1 unspecified atom stereocenters. The Bertz CT molecular complexity index is 336. The molecule has 0 rings (SSSR count). The van der Waals surface area contributed by atoms with Gasteiger partial charge in [0.25, 0.3) is 0 Å². The standard InChI is InChI=1S/C22H50O3Si2/c1-8-10-12-13-14-15-16-17-18-19-21-23-26(4,5)25-27(6,7)24-22(3)20-11-9-2/h22H,8-21H2,1-7H3. The molecule has 0 aliphatic heterocycles. The largest absolute Gasteiger partial charge is 0.415 e. The Morgan fingerprint density at radius 1 is 0.630 bits per heavy atom. The van der Waals surface area contributed by atoms with Crippen molar-refractivity contribution in [1.82, 2.24) is 0 Å². The van der Waals surface area contributed by atoms with Crippen LogP contribution in [0.2, 0.25) is 26.2 Å². The molecule has 164 valence electrons. The van der Waals surface area contributed by atoms with Crippen molar-refractivity contribution >= 4 is 17.1 Å². The maximum absolute atomic E-state index is 6.40. The van der Waals surface area contributed by atoms with Gasteiger partial charge in [-0.25, -0.2) is 0 Å². The molecule has 0 aromatic rings. The van der Waals surface area contributed by atoms with Crippen molar-refractivity contribution in [2.45, 2.75) is 137 Å². The van der Waals surface area contributed by atoms with Crippen LogP contribution in [0.3, 0.4) is 0 Å². The second kappa shape index (κ2) is 16.1. The van der Waals surface area contributed by atoms with E-state index in [4.69, 9.17) is 13.0 Å². The molecule has 0 fully saturated rings. The molecule has 0 aliphatic rings. The third-order valence-corrected chi connectivity index (χ3v) is 10.7. The Hall–Kier alpha value is 0.314. The Morgan fingerprint density at radius 2 is 1.11 bits per heavy atom. The highest BCUT2D eigenvalue weighted by atomic mass is 28.5. The molecule has 27 heavy (non-hydrogen) atoms. The average Bonchev–Trinajstić information content (AvgIpc) is 2.56. The predicted molar refractivity (Wildman–Crippen MR) is 124 cm³/mol. The smallest absolute Gasteiger partial charge is 0.323 e. The van der Waals surface area contributed by atoms with Crippen LogP contribution in [0.5, 0.6) is 0 Å². The average molecular weight is 419 g/mol. The summed E-state index contributed by atoms with van der Waals surface area (Å²) >= 11 is 0. The first kappa shape index (κ1) is 27.3. The fourth-order valence-electron chi connectivity index (χ4n) is 3.59. The van der Waals surface area contributed by atoms with Crippen LogP contribution in [-0.4, -0.2) is 29.8 Å². The molecule has 0 heterocycles. The zero-order chi connectivity index (χ0) is 20.6. The topological polar surface area (TPSA) is 27.7 Å². The lowest BCUT2D eigenvalue weighted by molar-refractivity contribution is 0.142. The van der Waals surface area contributed by atoms with Crippen molar-refractivity contribution in [2.75, 3.05) is 6.61 Å². The Kier molecular flexibility index (Phi) is 16.3. The van der Waals surface area contributed by atoms with Crippen molar-refractivity contribution in [3.05, 3.63) is 0 Å². The Labute approximate surface area is 173 Å². The zero-order valence-corrected chi connectivity index (χ0v) is 21.7. The highest BCUT2D eigenvalue weighted by Crippen LogP contribution is 2.20. The van der Waals surface area contributed by atoms with E-state index >= 15 is 0 Å². The first-order valence-corrected chi connectivity index (χ1v) is 17.4. The second-order valence-electron chi connectivity index (χ2n) is 9.00. The van der Waals surface area contributed by atoms with E-state index in [1.54, 1.807) is 0 Å². The molecule has 0 N–H and O–H groups in total. The van der Waals surface area contributed by atoms with Gasteiger partial charge in [-0.1, -0.05) is 84.5 Å². The maximum atomic E-state index is 6.40. The predicted octanol–water partition coefficient (Wildman–Crippen LogP) is 7.94. The molecule has 0 aromatic carbocycles. The van der Waals surface area contributed by atoms with Crippen molar-refractivity contribution in [1.29, 1.82) is 0 Å². The molecule has 0 bridgehead atoms. The van der Waals surface area contributed by atoms with Gasteiger partial charge in [0.15, 0.2) is 0 Å². The lowest BCUT2D eigenvalue weighted by atomic mass is 10.1. The van der Waals surface area contributed by atoms with E-state index in [-0.39, 0.29) is 0 Å². The van der Waals surface area contributed by atoms with Gasteiger partial charge in [-0.05, 0) is 46.0 Å². The Balaban J connectivity index is 3.77. The first-order chi connectivity index (χ1) is 12.7. The van der Waals surface area contributed by atoms with Crippen molar-refractivity contribution in [3.63, 3.8) is 0 Å². The molecule has 3 nitrogen and oxygen atoms in total. The van der Waals surface area contributed by atoms with Crippen LogP contribution in [0.1, 0.15) is 104 Å². The van der Waals surface area contributed by atoms with E-state index in [1.807, 2.05) is 0 Å². The van der Waals surface area contributed by atoms with E-state index in [0.717, 1.165) is 19.4 Å². The van der Waals surface area contributed by atoms with E-state index in [1.165, 1.54) is 70.6 Å². The van der Waals surface area contributed by atoms with Crippen LogP contribution in [0, 0.1) is 0 Å². The minimum Gasteiger partial charge on any atom is -0.415 e. The van der Waals surface area contributed by atoms with E-state index in [0.29, 0.717) is 6.10 Å². The Morgan fingerprint density at radius 3 is 1.63 bits per heavy atom. The molecule has 0 saturated heterocycles. The van der Waals surface area contributed by atoms with Crippen LogP contribution in [0.25, 0.3) is 0 Å². The zero-order valence-electron chi connectivity index (χ0n) is 19.7. The summed E-state index contributed by atoms with van der Waals surface area (Å²) in [5.41, 5.74) is 0. The number of hydrogen-bond donors (Lipinski definition) is 0. The van der Waals surface area contributed by atoms with Gasteiger partial charge in [-0.15, -0.1) is 0 Å². The van der Waals surface area contributed by atoms with Crippen molar-refractivity contribution in [2.24, 2.45) is 0 Å². The minimum atomic E-state index is -2.12. The van der Waals surface area contributed by atoms with Gasteiger partial charge < -0.3 is 13.0 Å². The van der Waals surface area contributed by atoms with Crippen molar-refractivity contribution in [3.8, 4) is 0 Å². The SMILES string of the molecule is CCCCCCCCCCCCO[Si](C)(C)O[Si](C)(C)OC(C)CCCC. The summed E-state index contributed by atoms with van der Waals surface area (Å²) in [6.45, 7) is 16.2. The van der Waals surface area contributed by atoms with E-state index in [2.05, 4.69) is 47.0 Å². The molecule has 0 aliphatic carbocycles. The third-order valence-electron chi connectivity index (χ3n) is 4.89. The van der Waals surface area contributed by atoms with Gasteiger partial charge in [0.1, 0.15) is 0 Å². The molecule has 5 heteroatoms. The number of unbranched alkanes of at least 4 members (excludes halogenated alkanes) is 10. The van der Waals surface area contributed by atoms with Gasteiger partial charge in [-0.3, -0.25) is 0 Å². The molecule has 1 atom stereocenters. The highest BCUT2D eigenvalue weighted by Gasteiger charge is 2.37. The number of rotatable bonds is 19. The summed E-state index contributed by atoms with van der Waals surface area (Å²) < 4.78 is 18.8. The maximum Gasteiger partial charge on any atom is 0.323 e. The van der Waals surface area contributed by atoms with Crippen LogP contribution >= 0.6 is 0 Å². The highest BCUT2D eigenvalue weighted by molar-refractivity contribution is 6.78. The lowest BCUT2D eigenvalue weighted by Crippen LogP contribution is -2.49. The lowest BCUT2D eigenvalue weighted by Gasteiger charge is -2.34. The monoisotopic (exact) mass is 418 g/mol. The molecule has 0 saturated carbocycles. The fourth-order valence-corrected chi connectivity index (χ4v) is 10.5. The second-order valence-corrected chi connectivity index (χ2v) is 15.9. The minimum absolute atomic E-state index is 0.290. The molecule has 0 amide bonds. The van der Waals surface area contributed by atoms with Crippen LogP contribution < -0.4 is 0 Å². The van der Waals surface area contributed by atoms with E-state index < -0.39 is 17.1 Å². The summed E-state index contributed by atoms with van der Waals surface area (Å²) in [6, 6.07) is 0. The van der Waals surface area contributed by atoms with Gasteiger partial charge in [0, 0.05) is 12.7 Å². The number of hydrogen-bond acceptors (Lipinski definition) is 3. The molecule has 0 radical (unpaired) electrons. The normalized spacial score (nSPS) is 13.9. The third kappa shape index (κ3) is 18.1. The summed E-state index contributed by atoms with van der Waals surface area (Å²) in [5.74, 6) is 0. The fraction of sp³-hybridized carbons (Fsp3) is 1.00. The van der Waals surface area contributed by atoms with Crippen LogP contribution in [0.4, 0.5) is 0 Å². The first-order valence-electron chi connectivity index (χ1n) is 11.7.